The second-order valence-corrected chi connectivity index (χ2v) is 10.1. The van der Waals surface area contributed by atoms with Gasteiger partial charge in [-0.2, -0.15) is 5.10 Å². The number of carbonyl (C=O) groups is 2. The molecule has 180 valence electrons. The highest BCUT2D eigenvalue weighted by Gasteiger charge is 2.36. The molecule has 4 heterocycles. The van der Waals surface area contributed by atoms with E-state index in [1.165, 1.54) is 5.56 Å². The van der Waals surface area contributed by atoms with Crippen molar-refractivity contribution in [2.45, 2.75) is 32.2 Å². The smallest absolute Gasteiger partial charge is 0.278 e. The van der Waals surface area contributed by atoms with E-state index >= 15 is 0 Å². The van der Waals surface area contributed by atoms with Crippen LogP contribution in [0.1, 0.15) is 50.6 Å². The van der Waals surface area contributed by atoms with Crippen LogP contribution in [-0.4, -0.2) is 58.2 Å². The summed E-state index contributed by atoms with van der Waals surface area (Å²) in [6.45, 7) is 2.86. The molecule has 2 aliphatic heterocycles. The SMILES string of the molecule is CN1CCc2ccc(N3CCc4c(C(=O)NCC5CC5)nn(-c5cccc(Cl)c5)c4C3=O)nc2C1. The van der Waals surface area contributed by atoms with E-state index in [2.05, 4.69) is 28.4 Å². The van der Waals surface area contributed by atoms with Gasteiger partial charge < -0.3 is 10.2 Å². The molecule has 1 fully saturated rings. The summed E-state index contributed by atoms with van der Waals surface area (Å²) >= 11 is 6.25. The summed E-state index contributed by atoms with van der Waals surface area (Å²) in [5, 5.41) is 8.17. The number of nitrogens with one attached hydrogen (secondary N) is 1. The molecule has 0 atom stereocenters. The number of rotatable bonds is 5. The van der Waals surface area contributed by atoms with Crippen molar-refractivity contribution < 1.29 is 9.59 Å². The van der Waals surface area contributed by atoms with Crippen molar-refractivity contribution in [3.8, 4) is 5.69 Å². The Morgan fingerprint density at radius 1 is 1.17 bits per heavy atom. The van der Waals surface area contributed by atoms with E-state index in [-0.39, 0.29) is 11.8 Å². The summed E-state index contributed by atoms with van der Waals surface area (Å²) in [7, 11) is 2.08. The highest BCUT2D eigenvalue weighted by molar-refractivity contribution is 6.30. The molecule has 35 heavy (non-hydrogen) atoms. The lowest BCUT2D eigenvalue weighted by atomic mass is 10.0. The van der Waals surface area contributed by atoms with E-state index in [0.717, 1.165) is 38.0 Å². The number of nitrogens with zero attached hydrogens (tertiary/aromatic N) is 5. The van der Waals surface area contributed by atoms with Gasteiger partial charge in [0, 0.05) is 36.8 Å². The topological polar surface area (TPSA) is 83.4 Å². The van der Waals surface area contributed by atoms with E-state index in [0.29, 0.717) is 58.9 Å². The third kappa shape index (κ3) is 4.21. The summed E-state index contributed by atoms with van der Waals surface area (Å²) in [6.07, 6.45) is 3.77. The molecular formula is C26H27ClN6O2. The molecule has 8 nitrogen and oxygen atoms in total. The predicted octanol–water partition coefficient (Wildman–Crippen LogP) is 3.25. The van der Waals surface area contributed by atoms with Gasteiger partial charge in [-0.05, 0) is 68.5 Å². The molecule has 9 heteroatoms. The van der Waals surface area contributed by atoms with Gasteiger partial charge in [0.25, 0.3) is 11.8 Å². The Bertz CT molecular complexity index is 1330. The Hall–Kier alpha value is -3.23. The summed E-state index contributed by atoms with van der Waals surface area (Å²) < 4.78 is 1.56. The second kappa shape index (κ2) is 8.77. The summed E-state index contributed by atoms with van der Waals surface area (Å²) in [4.78, 5) is 35.7. The Labute approximate surface area is 208 Å². The van der Waals surface area contributed by atoms with Crippen LogP contribution in [0.5, 0.6) is 0 Å². The molecule has 3 aliphatic rings. The standard InChI is InChI=1S/C26H27ClN6O2/c1-31-11-9-17-7-8-22(29-21(17)15-31)32-12-10-20-23(25(34)28-14-16-5-6-16)30-33(24(20)26(32)35)19-4-2-3-18(27)13-19/h2-4,7-8,13,16H,5-6,9-12,14-15H2,1H3,(H,28,34). The molecule has 6 rings (SSSR count). The molecule has 2 amide bonds. The number of hydrogen-bond donors (Lipinski definition) is 1. The normalized spacial score (nSPS) is 17.8. The zero-order valence-electron chi connectivity index (χ0n) is 19.6. The van der Waals surface area contributed by atoms with E-state index in [1.54, 1.807) is 21.7 Å². The molecule has 0 unspecified atom stereocenters. The van der Waals surface area contributed by atoms with Crippen LogP contribution < -0.4 is 10.2 Å². The first-order valence-electron chi connectivity index (χ1n) is 12.1. The van der Waals surface area contributed by atoms with Crippen molar-refractivity contribution >= 4 is 29.2 Å². The van der Waals surface area contributed by atoms with Crippen LogP contribution >= 0.6 is 11.6 Å². The molecule has 0 spiro atoms. The van der Waals surface area contributed by atoms with Crippen molar-refractivity contribution in [3.05, 3.63) is 69.6 Å². The average molecular weight is 491 g/mol. The molecule has 1 aromatic carbocycles. The molecule has 0 radical (unpaired) electrons. The zero-order chi connectivity index (χ0) is 24.1. The van der Waals surface area contributed by atoms with Gasteiger partial charge in [-0.3, -0.25) is 14.5 Å². The fourth-order valence-electron chi connectivity index (χ4n) is 4.88. The number of carbonyl (C=O) groups excluding carboxylic acids is 2. The Morgan fingerprint density at radius 2 is 2.03 bits per heavy atom. The number of halogens is 1. The largest absolute Gasteiger partial charge is 0.350 e. The highest BCUT2D eigenvalue weighted by atomic mass is 35.5. The maximum Gasteiger partial charge on any atom is 0.278 e. The molecule has 0 saturated heterocycles. The van der Waals surface area contributed by atoms with Gasteiger partial charge in [-0.1, -0.05) is 23.7 Å². The maximum absolute atomic E-state index is 13.9. The van der Waals surface area contributed by atoms with Crippen molar-refractivity contribution in [3.63, 3.8) is 0 Å². The lowest BCUT2D eigenvalue weighted by molar-refractivity contribution is 0.0945. The van der Waals surface area contributed by atoms with Crippen molar-refractivity contribution in [2.75, 3.05) is 31.6 Å². The first-order chi connectivity index (χ1) is 17.0. The number of fused-ring (bicyclic) bond motifs is 2. The third-order valence-electron chi connectivity index (χ3n) is 7.05. The third-order valence-corrected chi connectivity index (χ3v) is 7.28. The van der Waals surface area contributed by atoms with E-state index in [9.17, 15) is 9.59 Å². The molecule has 0 bridgehead atoms. The Balaban J connectivity index is 1.39. The van der Waals surface area contributed by atoms with Gasteiger partial charge >= 0.3 is 0 Å². The van der Waals surface area contributed by atoms with Gasteiger partial charge in [0.05, 0.1) is 11.4 Å². The number of anilines is 1. The van der Waals surface area contributed by atoms with Crippen LogP contribution in [0.3, 0.4) is 0 Å². The van der Waals surface area contributed by atoms with E-state index in [1.807, 2.05) is 18.2 Å². The summed E-state index contributed by atoms with van der Waals surface area (Å²) in [5.74, 6) is 0.742. The van der Waals surface area contributed by atoms with Crippen molar-refractivity contribution in [1.29, 1.82) is 0 Å². The van der Waals surface area contributed by atoms with Crippen molar-refractivity contribution in [1.82, 2.24) is 25.0 Å². The quantitative estimate of drug-likeness (QED) is 0.593. The first-order valence-corrected chi connectivity index (χ1v) is 12.5. The minimum absolute atomic E-state index is 0.211. The number of likely N-dealkylation sites (N-methyl/N-ethyl adjacent to an activating group) is 1. The summed E-state index contributed by atoms with van der Waals surface area (Å²) in [5.41, 5.74) is 4.27. The highest BCUT2D eigenvalue weighted by Crippen LogP contribution is 2.31. The van der Waals surface area contributed by atoms with Crippen LogP contribution in [0.25, 0.3) is 5.69 Å². The van der Waals surface area contributed by atoms with Crippen molar-refractivity contribution in [2.24, 2.45) is 5.92 Å². The molecule has 1 saturated carbocycles. The molecule has 2 aromatic heterocycles. The molecule has 3 aromatic rings. The fourth-order valence-corrected chi connectivity index (χ4v) is 5.06. The minimum Gasteiger partial charge on any atom is -0.350 e. The fraction of sp³-hybridized carbons (Fsp3) is 0.385. The van der Waals surface area contributed by atoms with E-state index in [4.69, 9.17) is 16.6 Å². The van der Waals surface area contributed by atoms with Crippen LogP contribution in [0.4, 0.5) is 5.82 Å². The van der Waals surface area contributed by atoms with Gasteiger partial charge in [-0.25, -0.2) is 9.67 Å². The summed E-state index contributed by atoms with van der Waals surface area (Å²) in [6, 6.07) is 11.2. The van der Waals surface area contributed by atoms with Gasteiger partial charge in [0.2, 0.25) is 0 Å². The molecule has 1 aliphatic carbocycles. The zero-order valence-corrected chi connectivity index (χ0v) is 20.4. The molecule has 1 N–H and O–H groups in total. The minimum atomic E-state index is -0.231. The lowest BCUT2D eigenvalue weighted by Crippen LogP contribution is -2.40. The average Bonchev–Trinajstić information content (AvgIpc) is 3.60. The number of benzene rings is 1. The predicted molar refractivity (Wildman–Crippen MR) is 133 cm³/mol. The second-order valence-electron chi connectivity index (χ2n) is 9.69. The Kier molecular flexibility index (Phi) is 5.57. The molecular weight excluding hydrogens is 464 g/mol. The lowest BCUT2D eigenvalue weighted by Gasteiger charge is -2.29. The van der Waals surface area contributed by atoms with E-state index < -0.39 is 0 Å². The number of amides is 2. The van der Waals surface area contributed by atoms with Crippen LogP contribution in [0.2, 0.25) is 5.02 Å². The van der Waals surface area contributed by atoms with Gasteiger partial charge in [0.15, 0.2) is 5.69 Å². The number of hydrogen-bond acceptors (Lipinski definition) is 5. The van der Waals surface area contributed by atoms with Gasteiger partial charge in [-0.15, -0.1) is 0 Å². The maximum atomic E-state index is 13.9. The van der Waals surface area contributed by atoms with Crippen LogP contribution in [0, 0.1) is 5.92 Å². The van der Waals surface area contributed by atoms with Crippen LogP contribution in [0.15, 0.2) is 36.4 Å². The first kappa shape index (κ1) is 22.2. The van der Waals surface area contributed by atoms with Crippen LogP contribution in [-0.2, 0) is 19.4 Å². The number of pyridine rings is 1. The Morgan fingerprint density at radius 3 is 2.83 bits per heavy atom. The number of aromatic nitrogens is 3. The monoisotopic (exact) mass is 490 g/mol. The van der Waals surface area contributed by atoms with Gasteiger partial charge in [0.1, 0.15) is 11.5 Å².